The molecule has 2 aromatic carbocycles. The van der Waals surface area contributed by atoms with Crippen LogP contribution in [0, 0.1) is 5.92 Å². The van der Waals surface area contributed by atoms with Gasteiger partial charge in [0.25, 0.3) is 0 Å². The zero-order valence-corrected chi connectivity index (χ0v) is 26.8. The Bertz CT molecular complexity index is 1200. The number of anilines is 2. The number of piperazine rings is 1. The number of unbranched alkanes of at least 4 members (excludes halogenated alkanes) is 3. The third-order valence-corrected chi connectivity index (χ3v) is 8.85. The predicted molar refractivity (Wildman–Crippen MR) is 171 cm³/mol. The SMILES string of the molecule is CCCCCC(=O)OC(C(C)C)N1C(=O)CCc2ccc(OCCCCN3CCN(c4cccc(Cl)c4Cl)CC3)cc21. The van der Waals surface area contributed by atoms with E-state index in [1.165, 1.54) is 0 Å². The van der Waals surface area contributed by atoms with E-state index in [0.29, 0.717) is 35.9 Å². The predicted octanol–water partition coefficient (Wildman–Crippen LogP) is 7.36. The molecule has 0 aromatic heterocycles. The fourth-order valence-corrected chi connectivity index (χ4v) is 6.04. The molecule has 1 saturated heterocycles. The molecule has 0 saturated carbocycles. The van der Waals surface area contributed by atoms with Crippen LogP contribution in [0.3, 0.4) is 0 Å². The average Bonchev–Trinajstić information content (AvgIpc) is 2.98. The van der Waals surface area contributed by atoms with Crippen molar-refractivity contribution < 1.29 is 19.1 Å². The number of carbonyl (C=O) groups excluding carboxylic acids is 2. The van der Waals surface area contributed by atoms with Gasteiger partial charge in [-0.3, -0.25) is 19.4 Å². The molecule has 1 atom stereocenters. The van der Waals surface area contributed by atoms with Gasteiger partial charge in [0.1, 0.15) is 5.75 Å². The minimum absolute atomic E-state index is 0.0163. The van der Waals surface area contributed by atoms with Gasteiger partial charge >= 0.3 is 5.97 Å². The number of amides is 1. The lowest BCUT2D eigenvalue weighted by atomic mass is 9.98. The van der Waals surface area contributed by atoms with Crippen LogP contribution in [-0.2, 0) is 20.7 Å². The van der Waals surface area contributed by atoms with Gasteiger partial charge < -0.3 is 14.4 Å². The second kappa shape index (κ2) is 15.8. The number of hydrogen-bond donors (Lipinski definition) is 0. The van der Waals surface area contributed by atoms with Crippen LogP contribution in [0.4, 0.5) is 11.4 Å². The van der Waals surface area contributed by atoms with Crippen molar-refractivity contribution in [2.45, 2.75) is 78.4 Å². The highest BCUT2D eigenvalue weighted by atomic mass is 35.5. The van der Waals surface area contributed by atoms with Crippen LogP contribution in [0.1, 0.15) is 71.3 Å². The summed E-state index contributed by atoms with van der Waals surface area (Å²) in [5, 5.41) is 1.22. The first kappa shape index (κ1) is 32.4. The molecule has 0 spiro atoms. The van der Waals surface area contributed by atoms with Gasteiger partial charge in [-0.05, 0) is 56.0 Å². The Hall–Kier alpha value is -2.48. The molecule has 2 aliphatic heterocycles. The van der Waals surface area contributed by atoms with E-state index >= 15 is 0 Å². The number of aryl methyl sites for hydroxylation is 1. The lowest BCUT2D eigenvalue weighted by molar-refractivity contribution is -0.152. The molecule has 2 aliphatic rings. The Balaban J connectivity index is 1.26. The van der Waals surface area contributed by atoms with Crippen molar-refractivity contribution in [3.63, 3.8) is 0 Å². The third kappa shape index (κ3) is 8.55. The number of benzene rings is 2. The molecule has 0 bridgehead atoms. The molecule has 0 N–H and O–H groups in total. The molecule has 1 amide bonds. The molecule has 7 nitrogen and oxygen atoms in total. The van der Waals surface area contributed by atoms with Crippen LogP contribution >= 0.6 is 23.2 Å². The Morgan fingerprint density at radius 3 is 2.48 bits per heavy atom. The topological polar surface area (TPSA) is 62.3 Å². The third-order valence-electron chi connectivity index (χ3n) is 8.04. The Labute approximate surface area is 261 Å². The minimum Gasteiger partial charge on any atom is -0.494 e. The monoisotopic (exact) mass is 617 g/mol. The maximum Gasteiger partial charge on any atom is 0.307 e. The van der Waals surface area contributed by atoms with Crippen molar-refractivity contribution in [3.05, 3.63) is 52.0 Å². The highest BCUT2D eigenvalue weighted by Gasteiger charge is 2.35. The van der Waals surface area contributed by atoms with Gasteiger partial charge in [-0.1, -0.05) is 68.9 Å². The van der Waals surface area contributed by atoms with Gasteiger partial charge in [-0.25, -0.2) is 0 Å². The summed E-state index contributed by atoms with van der Waals surface area (Å²) in [7, 11) is 0. The van der Waals surface area contributed by atoms with Crippen molar-refractivity contribution in [2.24, 2.45) is 5.92 Å². The molecule has 9 heteroatoms. The van der Waals surface area contributed by atoms with Crippen LogP contribution in [0.15, 0.2) is 36.4 Å². The number of rotatable bonds is 14. The minimum atomic E-state index is -0.628. The van der Waals surface area contributed by atoms with Crippen LogP contribution in [-0.4, -0.2) is 62.3 Å². The van der Waals surface area contributed by atoms with E-state index in [4.69, 9.17) is 32.7 Å². The van der Waals surface area contributed by atoms with E-state index in [0.717, 1.165) is 87.5 Å². The fourth-order valence-electron chi connectivity index (χ4n) is 5.62. The number of ether oxygens (including phenoxy) is 2. The van der Waals surface area contributed by atoms with Crippen molar-refractivity contribution >= 4 is 46.5 Å². The van der Waals surface area contributed by atoms with Crippen molar-refractivity contribution in [1.82, 2.24) is 4.90 Å². The summed E-state index contributed by atoms with van der Waals surface area (Å²) in [5.74, 6) is 0.433. The molecule has 4 rings (SSSR count). The molecule has 0 radical (unpaired) electrons. The molecule has 42 heavy (non-hydrogen) atoms. The van der Waals surface area contributed by atoms with Gasteiger partial charge in [0.05, 0.1) is 28.0 Å². The van der Waals surface area contributed by atoms with Crippen molar-refractivity contribution in [2.75, 3.05) is 49.1 Å². The Kier molecular flexibility index (Phi) is 12.2. The van der Waals surface area contributed by atoms with E-state index < -0.39 is 6.23 Å². The Morgan fingerprint density at radius 2 is 1.74 bits per heavy atom. The largest absolute Gasteiger partial charge is 0.494 e. The summed E-state index contributed by atoms with van der Waals surface area (Å²) < 4.78 is 12.0. The maximum absolute atomic E-state index is 13.1. The lowest BCUT2D eigenvalue weighted by Crippen LogP contribution is -2.48. The zero-order chi connectivity index (χ0) is 30.1. The van der Waals surface area contributed by atoms with Gasteiger partial charge in [-0.15, -0.1) is 0 Å². The number of nitrogens with zero attached hydrogens (tertiary/aromatic N) is 3. The maximum atomic E-state index is 13.1. The molecule has 2 aromatic rings. The van der Waals surface area contributed by atoms with Crippen LogP contribution in [0.25, 0.3) is 0 Å². The number of hydrogen-bond acceptors (Lipinski definition) is 6. The van der Waals surface area contributed by atoms with Gasteiger partial charge in [0.15, 0.2) is 6.23 Å². The standard InChI is InChI=1S/C33H45Cl2N3O4/c1-4-5-6-12-31(40)42-33(24(2)3)38-29-23-26(15-13-25(29)14-16-30(38)39)41-22-8-7-17-36-18-20-37(21-19-36)28-11-9-10-27(34)32(28)35/h9-11,13,15,23-24,33H,4-8,12,14,16-22H2,1-3H3. The number of fused-ring (bicyclic) bond motifs is 1. The fraction of sp³-hybridized carbons (Fsp3) is 0.576. The quantitative estimate of drug-likeness (QED) is 0.163. The van der Waals surface area contributed by atoms with Crippen LogP contribution in [0.5, 0.6) is 5.75 Å². The Morgan fingerprint density at radius 1 is 0.952 bits per heavy atom. The van der Waals surface area contributed by atoms with E-state index in [1.54, 1.807) is 4.90 Å². The number of halogens is 2. The van der Waals surface area contributed by atoms with Gasteiger partial charge in [0.2, 0.25) is 5.91 Å². The van der Waals surface area contributed by atoms with E-state index in [1.807, 2.05) is 50.2 Å². The second-order valence-corrected chi connectivity index (χ2v) is 12.4. The summed E-state index contributed by atoms with van der Waals surface area (Å²) in [5.41, 5.74) is 2.88. The summed E-state index contributed by atoms with van der Waals surface area (Å²) in [6.07, 6.45) is 5.64. The average molecular weight is 619 g/mol. The summed E-state index contributed by atoms with van der Waals surface area (Å²) in [4.78, 5) is 32.2. The lowest BCUT2D eigenvalue weighted by Gasteiger charge is -2.37. The van der Waals surface area contributed by atoms with Crippen LogP contribution in [0.2, 0.25) is 10.0 Å². The molecular formula is C33H45Cl2N3O4. The number of esters is 1. The first-order valence-electron chi connectivity index (χ1n) is 15.5. The zero-order valence-electron chi connectivity index (χ0n) is 25.2. The molecule has 1 fully saturated rings. The van der Waals surface area contributed by atoms with E-state index in [-0.39, 0.29) is 17.8 Å². The molecule has 230 valence electrons. The highest BCUT2D eigenvalue weighted by Crippen LogP contribution is 2.35. The number of carbonyl (C=O) groups is 2. The first-order valence-corrected chi connectivity index (χ1v) is 16.2. The van der Waals surface area contributed by atoms with E-state index in [9.17, 15) is 9.59 Å². The summed E-state index contributed by atoms with van der Waals surface area (Å²) in [6.45, 7) is 11.5. The van der Waals surface area contributed by atoms with Crippen LogP contribution < -0.4 is 14.5 Å². The summed E-state index contributed by atoms with van der Waals surface area (Å²) >= 11 is 12.6. The van der Waals surface area contributed by atoms with Gasteiger partial charge in [0, 0.05) is 51.0 Å². The molecule has 0 aliphatic carbocycles. The smallest absolute Gasteiger partial charge is 0.307 e. The van der Waals surface area contributed by atoms with Gasteiger partial charge in [-0.2, -0.15) is 0 Å². The first-order chi connectivity index (χ1) is 20.3. The molecular weight excluding hydrogens is 573 g/mol. The normalized spacial score (nSPS) is 16.5. The second-order valence-electron chi connectivity index (χ2n) is 11.6. The van der Waals surface area contributed by atoms with Crippen molar-refractivity contribution in [1.29, 1.82) is 0 Å². The van der Waals surface area contributed by atoms with Crippen molar-refractivity contribution in [3.8, 4) is 5.75 Å². The highest BCUT2D eigenvalue weighted by molar-refractivity contribution is 6.43. The summed E-state index contributed by atoms with van der Waals surface area (Å²) in [6, 6.07) is 11.8. The molecule has 1 unspecified atom stereocenters. The van der Waals surface area contributed by atoms with E-state index in [2.05, 4.69) is 16.7 Å². The molecule has 2 heterocycles.